The summed E-state index contributed by atoms with van der Waals surface area (Å²) in [6.07, 6.45) is 2.30. The van der Waals surface area contributed by atoms with Crippen LogP contribution in [0.2, 0.25) is 0 Å². The van der Waals surface area contributed by atoms with Crippen molar-refractivity contribution in [2.45, 2.75) is 32.4 Å². The first-order valence-electron chi connectivity index (χ1n) is 5.08. The molecule has 0 aliphatic heterocycles. The molecule has 2 unspecified atom stereocenters. The molecular weight excluding hydrogens is 211 g/mol. The third-order valence-corrected chi connectivity index (χ3v) is 2.04. The van der Waals surface area contributed by atoms with E-state index in [-0.39, 0.29) is 17.5 Å². The molecule has 1 heterocycles. The van der Waals surface area contributed by atoms with Crippen LogP contribution in [0.5, 0.6) is 0 Å². The Morgan fingerprint density at radius 1 is 1.56 bits per heavy atom. The Hall–Kier alpha value is -1.49. The Balaban J connectivity index is 2.59. The first kappa shape index (κ1) is 12.6. The Morgan fingerprint density at radius 2 is 2.25 bits per heavy atom. The fraction of sp³-hybridized carbons (Fsp3) is 0.455. The molecule has 0 aliphatic carbocycles. The van der Waals surface area contributed by atoms with Gasteiger partial charge < -0.3 is 10.4 Å². The second kappa shape index (κ2) is 5.55. The number of amides is 1. The normalized spacial score (nSPS) is 14.2. The number of nitrogens with one attached hydrogen (secondary N) is 1. The highest BCUT2D eigenvalue weighted by molar-refractivity contribution is 5.94. The number of aliphatic hydroxyl groups is 1. The van der Waals surface area contributed by atoms with Crippen LogP contribution in [-0.2, 0) is 0 Å². The van der Waals surface area contributed by atoms with Gasteiger partial charge in [0.1, 0.15) is 5.82 Å². The van der Waals surface area contributed by atoms with E-state index >= 15 is 0 Å². The molecular formula is C11H15FN2O2. The average Bonchev–Trinajstić information content (AvgIpc) is 2.16. The van der Waals surface area contributed by atoms with Gasteiger partial charge >= 0.3 is 0 Å². The van der Waals surface area contributed by atoms with Crippen LogP contribution in [0.25, 0.3) is 0 Å². The molecule has 2 N–H and O–H groups in total. The fourth-order valence-electron chi connectivity index (χ4n) is 1.41. The zero-order valence-electron chi connectivity index (χ0n) is 9.27. The van der Waals surface area contributed by atoms with E-state index in [0.717, 1.165) is 12.3 Å². The fourth-order valence-corrected chi connectivity index (χ4v) is 1.41. The summed E-state index contributed by atoms with van der Waals surface area (Å²) in [5, 5.41) is 11.8. The molecule has 0 bridgehead atoms. The van der Waals surface area contributed by atoms with Gasteiger partial charge in [-0.05, 0) is 26.3 Å². The minimum atomic E-state index is -0.546. The highest BCUT2D eigenvalue weighted by Crippen LogP contribution is 2.03. The minimum absolute atomic E-state index is 0.171. The van der Waals surface area contributed by atoms with Crippen molar-refractivity contribution in [3.05, 3.63) is 29.8 Å². The predicted octanol–water partition coefficient (Wildman–Crippen LogP) is 1.11. The van der Waals surface area contributed by atoms with Crippen LogP contribution in [-0.4, -0.2) is 28.1 Å². The second-order valence-corrected chi connectivity index (χ2v) is 3.85. The second-order valence-electron chi connectivity index (χ2n) is 3.85. The largest absolute Gasteiger partial charge is 0.393 e. The average molecular weight is 226 g/mol. The summed E-state index contributed by atoms with van der Waals surface area (Å²) >= 11 is 0. The Kier molecular flexibility index (Phi) is 4.37. The molecule has 0 saturated carbocycles. The highest BCUT2D eigenvalue weighted by atomic mass is 19.1. The molecule has 0 aromatic carbocycles. The SMILES string of the molecule is CC(O)CC(C)NC(=O)c1cncc(F)c1. The van der Waals surface area contributed by atoms with Crippen molar-refractivity contribution in [1.82, 2.24) is 10.3 Å². The lowest BCUT2D eigenvalue weighted by atomic mass is 10.1. The van der Waals surface area contributed by atoms with Crippen LogP contribution in [0.3, 0.4) is 0 Å². The van der Waals surface area contributed by atoms with E-state index in [9.17, 15) is 9.18 Å². The summed E-state index contributed by atoms with van der Waals surface area (Å²) in [5.74, 6) is -0.934. The number of aliphatic hydroxyl groups excluding tert-OH is 1. The van der Waals surface area contributed by atoms with Crippen molar-refractivity contribution >= 4 is 5.91 Å². The van der Waals surface area contributed by atoms with Gasteiger partial charge in [0, 0.05) is 12.2 Å². The summed E-state index contributed by atoms with van der Waals surface area (Å²) in [7, 11) is 0. The number of carbonyl (C=O) groups is 1. The summed E-state index contributed by atoms with van der Waals surface area (Å²) in [4.78, 5) is 15.2. The van der Waals surface area contributed by atoms with Gasteiger partial charge in [-0.1, -0.05) is 0 Å². The highest BCUT2D eigenvalue weighted by Gasteiger charge is 2.12. The molecule has 5 heteroatoms. The lowest BCUT2D eigenvalue weighted by Gasteiger charge is -2.15. The van der Waals surface area contributed by atoms with Crippen LogP contribution in [0.4, 0.5) is 4.39 Å². The maximum Gasteiger partial charge on any atom is 0.253 e. The predicted molar refractivity (Wildman–Crippen MR) is 57.4 cm³/mol. The molecule has 0 radical (unpaired) electrons. The quantitative estimate of drug-likeness (QED) is 0.808. The number of pyridine rings is 1. The first-order valence-corrected chi connectivity index (χ1v) is 5.08. The molecule has 4 nitrogen and oxygen atoms in total. The van der Waals surface area contributed by atoms with Crippen LogP contribution in [0, 0.1) is 5.82 Å². The van der Waals surface area contributed by atoms with Crippen molar-refractivity contribution in [2.24, 2.45) is 0 Å². The summed E-state index contributed by atoms with van der Waals surface area (Å²) < 4.78 is 12.8. The Labute approximate surface area is 93.5 Å². The number of halogens is 1. The van der Waals surface area contributed by atoms with Gasteiger partial charge in [0.2, 0.25) is 0 Å². The van der Waals surface area contributed by atoms with Crippen LogP contribution >= 0.6 is 0 Å². The molecule has 16 heavy (non-hydrogen) atoms. The zero-order valence-corrected chi connectivity index (χ0v) is 9.27. The summed E-state index contributed by atoms with van der Waals surface area (Å²) in [6, 6.07) is 0.952. The molecule has 0 saturated heterocycles. The molecule has 1 aromatic rings. The van der Waals surface area contributed by atoms with Gasteiger partial charge in [0.25, 0.3) is 5.91 Å². The van der Waals surface area contributed by atoms with E-state index in [0.29, 0.717) is 6.42 Å². The Bertz CT molecular complexity index is 369. The maximum absolute atomic E-state index is 12.8. The molecule has 1 rings (SSSR count). The lowest BCUT2D eigenvalue weighted by molar-refractivity contribution is 0.0922. The van der Waals surface area contributed by atoms with Crippen LogP contribution in [0.1, 0.15) is 30.6 Å². The van der Waals surface area contributed by atoms with Crippen molar-refractivity contribution in [1.29, 1.82) is 0 Å². The van der Waals surface area contributed by atoms with Crippen molar-refractivity contribution in [3.8, 4) is 0 Å². The molecule has 0 aliphatic rings. The van der Waals surface area contributed by atoms with Crippen molar-refractivity contribution in [2.75, 3.05) is 0 Å². The molecule has 0 fully saturated rings. The van der Waals surface area contributed by atoms with E-state index in [2.05, 4.69) is 10.3 Å². The maximum atomic E-state index is 12.8. The van der Waals surface area contributed by atoms with Gasteiger partial charge in [-0.25, -0.2) is 4.39 Å². The third kappa shape index (κ3) is 3.94. The van der Waals surface area contributed by atoms with Crippen molar-refractivity contribution in [3.63, 3.8) is 0 Å². The zero-order chi connectivity index (χ0) is 12.1. The van der Waals surface area contributed by atoms with E-state index in [1.54, 1.807) is 13.8 Å². The monoisotopic (exact) mass is 226 g/mol. The van der Waals surface area contributed by atoms with Crippen LogP contribution in [0.15, 0.2) is 18.5 Å². The van der Waals surface area contributed by atoms with E-state index < -0.39 is 11.9 Å². The molecule has 0 spiro atoms. The molecule has 88 valence electrons. The topological polar surface area (TPSA) is 62.2 Å². The first-order chi connectivity index (χ1) is 7.49. The third-order valence-electron chi connectivity index (χ3n) is 2.04. The van der Waals surface area contributed by atoms with Gasteiger partial charge in [0.15, 0.2) is 0 Å². The number of hydrogen-bond acceptors (Lipinski definition) is 3. The van der Waals surface area contributed by atoms with E-state index in [1.165, 1.54) is 6.20 Å². The number of rotatable bonds is 4. The van der Waals surface area contributed by atoms with Gasteiger partial charge in [-0.2, -0.15) is 0 Å². The Morgan fingerprint density at radius 3 is 2.81 bits per heavy atom. The van der Waals surface area contributed by atoms with Crippen molar-refractivity contribution < 1.29 is 14.3 Å². The van der Waals surface area contributed by atoms with E-state index in [1.807, 2.05) is 0 Å². The van der Waals surface area contributed by atoms with E-state index in [4.69, 9.17) is 5.11 Å². The number of carbonyl (C=O) groups excluding carboxylic acids is 1. The summed E-state index contributed by atoms with van der Waals surface area (Å²) in [6.45, 7) is 3.42. The molecule has 1 amide bonds. The number of nitrogens with zero attached hydrogens (tertiary/aromatic N) is 1. The summed E-state index contributed by atoms with van der Waals surface area (Å²) in [5.41, 5.74) is 0.178. The van der Waals surface area contributed by atoms with Crippen LogP contribution < -0.4 is 5.32 Å². The lowest BCUT2D eigenvalue weighted by Crippen LogP contribution is -2.34. The molecule has 1 aromatic heterocycles. The van der Waals surface area contributed by atoms with Gasteiger partial charge in [-0.15, -0.1) is 0 Å². The molecule has 2 atom stereocenters. The van der Waals surface area contributed by atoms with Gasteiger partial charge in [-0.3, -0.25) is 9.78 Å². The standard InChI is InChI=1S/C11H15FN2O2/c1-7(3-8(2)15)14-11(16)9-4-10(12)6-13-5-9/h4-8,15H,3H2,1-2H3,(H,14,16). The number of hydrogen-bond donors (Lipinski definition) is 2. The number of aromatic nitrogens is 1. The minimum Gasteiger partial charge on any atom is -0.393 e. The van der Waals surface area contributed by atoms with Gasteiger partial charge in [0.05, 0.1) is 17.9 Å². The smallest absolute Gasteiger partial charge is 0.253 e.